The summed E-state index contributed by atoms with van der Waals surface area (Å²) in [6.45, 7) is 0.222. The first kappa shape index (κ1) is 19.4. The molecule has 29 heavy (non-hydrogen) atoms. The lowest BCUT2D eigenvalue weighted by atomic mass is 9.89. The van der Waals surface area contributed by atoms with Crippen molar-refractivity contribution in [1.29, 1.82) is 0 Å². The Morgan fingerprint density at radius 3 is 2.55 bits per heavy atom. The van der Waals surface area contributed by atoms with Crippen LogP contribution in [0.4, 0.5) is 13.2 Å². The number of nitrogens with zero attached hydrogens (tertiary/aromatic N) is 4. The first-order chi connectivity index (χ1) is 13.9. The minimum absolute atomic E-state index is 0.0606. The monoisotopic (exact) mass is 404 g/mol. The molecule has 0 unspecified atom stereocenters. The van der Waals surface area contributed by atoms with Crippen molar-refractivity contribution in [3.05, 3.63) is 46.6 Å². The average Bonchev–Trinajstić information content (AvgIpc) is 2.70. The van der Waals surface area contributed by atoms with Gasteiger partial charge in [0.1, 0.15) is 11.4 Å². The Kier molecular flexibility index (Phi) is 4.97. The molecule has 0 aliphatic heterocycles. The van der Waals surface area contributed by atoms with Gasteiger partial charge in [0.15, 0.2) is 11.5 Å². The van der Waals surface area contributed by atoms with Crippen LogP contribution in [-0.4, -0.2) is 24.6 Å². The average molecular weight is 404 g/mol. The van der Waals surface area contributed by atoms with Gasteiger partial charge < -0.3 is 5.11 Å². The Morgan fingerprint density at radius 1 is 1.10 bits per heavy atom. The van der Waals surface area contributed by atoms with Gasteiger partial charge in [-0.2, -0.15) is 13.2 Å². The Hall–Kier alpha value is -2.97. The molecular weight excluding hydrogens is 385 g/mol. The van der Waals surface area contributed by atoms with Gasteiger partial charge in [-0.15, -0.1) is 0 Å². The second-order valence-corrected chi connectivity index (χ2v) is 7.28. The highest BCUT2D eigenvalue weighted by Gasteiger charge is 2.36. The van der Waals surface area contributed by atoms with Crippen molar-refractivity contribution in [3.63, 3.8) is 0 Å². The lowest BCUT2D eigenvalue weighted by Gasteiger charge is -2.24. The van der Waals surface area contributed by atoms with Crippen LogP contribution in [0.5, 0.6) is 5.75 Å². The number of hydrogen-bond acceptors (Lipinski definition) is 5. The van der Waals surface area contributed by atoms with E-state index in [0.717, 1.165) is 38.3 Å². The fraction of sp³-hybridized carbons (Fsp3) is 0.400. The SMILES string of the molecule is O=c1c2c(C(F)(F)F)nccc2nc(-c2ncccc2O)n1CC1CCCCC1. The zero-order valence-corrected chi connectivity index (χ0v) is 15.5. The second-order valence-electron chi connectivity index (χ2n) is 7.28. The molecule has 0 radical (unpaired) electrons. The largest absolute Gasteiger partial charge is 0.506 e. The normalized spacial score (nSPS) is 15.7. The smallest absolute Gasteiger partial charge is 0.434 e. The molecule has 1 aliphatic rings. The summed E-state index contributed by atoms with van der Waals surface area (Å²) in [4.78, 5) is 25.1. The van der Waals surface area contributed by atoms with E-state index in [1.807, 2.05) is 0 Å². The highest BCUT2D eigenvalue weighted by Crippen LogP contribution is 2.33. The molecule has 9 heteroatoms. The van der Waals surface area contributed by atoms with Gasteiger partial charge in [0.25, 0.3) is 5.56 Å². The van der Waals surface area contributed by atoms with Crippen LogP contribution < -0.4 is 5.56 Å². The number of aromatic nitrogens is 4. The van der Waals surface area contributed by atoms with Crippen molar-refractivity contribution in [2.24, 2.45) is 5.92 Å². The number of fused-ring (bicyclic) bond motifs is 1. The summed E-state index contributed by atoms with van der Waals surface area (Å²) in [5.41, 5.74) is -2.13. The van der Waals surface area contributed by atoms with Crippen LogP contribution in [0, 0.1) is 5.92 Å². The van der Waals surface area contributed by atoms with E-state index in [1.54, 1.807) is 0 Å². The van der Waals surface area contributed by atoms with E-state index in [-0.39, 0.29) is 35.2 Å². The number of rotatable bonds is 3. The highest BCUT2D eigenvalue weighted by molar-refractivity contribution is 5.82. The topological polar surface area (TPSA) is 80.9 Å². The third kappa shape index (κ3) is 3.68. The van der Waals surface area contributed by atoms with E-state index in [1.165, 1.54) is 29.0 Å². The van der Waals surface area contributed by atoms with Crippen LogP contribution in [0.2, 0.25) is 0 Å². The molecule has 3 aromatic rings. The first-order valence-corrected chi connectivity index (χ1v) is 9.47. The predicted octanol–water partition coefficient (Wildman–Crippen LogP) is 4.16. The fourth-order valence-electron chi connectivity index (χ4n) is 3.92. The van der Waals surface area contributed by atoms with E-state index in [4.69, 9.17) is 0 Å². The quantitative estimate of drug-likeness (QED) is 0.709. The van der Waals surface area contributed by atoms with Crippen LogP contribution in [-0.2, 0) is 12.7 Å². The molecule has 4 rings (SSSR count). The zero-order valence-electron chi connectivity index (χ0n) is 15.5. The molecule has 1 N–H and O–H groups in total. The number of halogens is 3. The zero-order chi connectivity index (χ0) is 20.6. The summed E-state index contributed by atoms with van der Waals surface area (Å²) < 4.78 is 41.7. The third-order valence-corrected chi connectivity index (χ3v) is 5.30. The van der Waals surface area contributed by atoms with Gasteiger partial charge in [-0.05, 0) is 37.0 Å². The first-order valence-electron chi connectivity index (χ1n) is 9.47. The van der Waals surface area contributed by atoms with Crippen LogP contribution in [0.15, 0.2) is 35.4 Å². The number of pyridine rings is 2. The summed E-state index contributed by atoms with van der Waals surface area (Å²) in [5, 5.41) is 9.67. The maximum atomic E-state index is 13.5. The van der Waals surface area contributed by atoms with Gasteiger partial charge in [-0.3, -0.25) is 14.3 Å². The molecule has 6 nitrogen and oxygen atoms in total. The Balaban J connectivity index is 1.99. The van der Waals surface area contributed by atoms with E-state index in [0.29, 0.717) is 0 Å². The van der Waals surface area contributed by atoms with E-state index in [2.05, 4.69) is 15.0 Å². The van der Waals surface area contributed by atoms with Crippen molar-refractivity contribution in [3.8, 4) is 17.3 Å². The third-order valence-electron chi connectivity index (χ3n) is 5.30. The molecule has 0 saturated heterocycles. The molecule has 3 heterocycles. The van der Waals surface area contributed by atoms with Crippen molar-refractivity contribution in [1.82, 2.24) is 19.5 Å². The maximum absolute atomic E-state index is 13.5. The molecule has 1 aliphatic carbocycles. The lowest BCUT2D eigenvalue weighted by molar-refractivity contribution is -0.139. The Labute approximate surface area is 164 Å². The van der Waals surface area contributed by atoms with Crippen LogP contribution in [0.1, 0.15) is 37.8 Å². The summed E-state index contributed by atoms with van der Waals surface area (Å²) in [5.74, 6) is 0.0167. The molecular formula is C20H19F3N4O2. The van der Waals surface area contributed by atoms with Crippen molar-refractivity contribution < 1.29 is 18.3 Å². The van der Waals surface area contributed by atoms with Gasteiger partial charge >= 0.3 is 6.18 Å². The number of aromatic hydroxyl groups is 1. The lowest BCUT2D eigenvalue weighted by Crippen LogP contribution is -2.29. The number of hydrogen-bond donors (Lipinski definition) is 1. The van der Waals surface area contributed by atoms with Crippen molar-refractivity contribution >= 4 is 10.9 Å². The minimum Gasteiger partial charge on any atom is -0.506 e. The van der Waals surface area contributed by atoms with Crippen LogP contribution in [0.25, 0.3) is 22.4 Å². The maximum Gasteiger partial charge on any atom is 0.434 e. The van der Waals surface area contributed by atoms with E-state index < -0.39 is 22.8 Å². The Bertz CT molecular complexity index is 1110. The molecule has 0 amide bonds. The van der Waals surface area contributed by atoms with Crippen LogP contribution in [0.3, 0.4) is 0 Å². The molecule has 0 aromatic carbocycles. The fourth-order valence-corrected chi connectivity index (χ4v) is 3.92. The minimum atomic E-state index is -4.78. The molecule has 0 spiro atoms. The Morgan fingerprint density at radius 2 is 1.86 bits per heavy atom. The summed E-state index contributed by atoms with van der Waals surface area (Å²) in [7, 11) is 0. The summed E-state index contributed by atoms with van der Waals surface area (Å²) in [6.07, 6.45) is 2.54. The van der Waals surface area contributed by atoms with Gasteiger partial charge in [0.2, 0.25) is 0 Å². The molecule has 1 fully saturated rings. The van der Waals surface area contributed by atoms with E-state index >= 15 is 0 Å². The van der Waals surface area contributed by atoms with Gasteiger partial charge in [0, 0.05) is 18.9 Å². The van der Waals surface area contributed by atoms with Gasteiger partial charge in [0.05, 0.1) is 10.9 Å². The van der Waals surface area contributed by atoms with Crippen molar-refractivity contribution in [2.45, 2.75) is 44.8 Å². The predicted molar refractivity (Wildman–Crippen MR) is 100 cm³/mol. The second kappa shape index (κ2) is 7.46. The number of alkyl halides is 3. The summed E-state index contributed by atoms with van der Waals surface area (Å²) in [6, 6.07) is 4.19. The molecule has 1 saturated carbocycles. The van der Waals surface area contributed by atoms with Gasteiger partial charge in [-0.1, -0.05) is 19.3 Å². The van der Waals surface area contributed by atoms with E-state index in [9.17, 15) is 23.1 Å². The molecule has 3 aromatic heterocycles. The van der Waals surface area contributed by atoms with Crippen molar-refractivity contribution in [2.75, 3.05) is 0 Å². The highest BCUT2D eigenvalue weighted by atomic mass is 19.4. The standard InChI is InChI=1S/C20H19F3N4O2/c21-20(22,23)17-15-13(8-10-25-17)26-18(16-14(28)7-4-9-24-16)27(19(15)29)11-12-5-2-1-3-6-12/h4,7-10,12,28H,1-3,5-6,11H2. The van der Waals surface area contributed by atoms with Gasteiger partial charge in [-0.25, -0.2) is 9.97 Å². The molecule has 0 atom stereocenters. The summed E-state index contributed by atoms with van der Waals surface area (Å²) >= 11 is 0. The van der Waals surface area contributed by atoms with Crippen LogP contribution >= 0.6 is 0 Å². The molecule has 152 valence electrons. The molecule has 0 bridgehead atoms.